The first-order valence-corrected chi connectivity index (χ1v) is 7.22. The maximum absolute atomic E-state index is 12.7. The van der Waals surface area contributed by atoms with Gasteiger partial charge in [-0.25, -0.2) is 4.98 Å². The number of amides is 1. The van der Waals surface area contributed by atoms with E-state index in [4.69, 9.17) is 4.74 Å². The Bertz CT molecular complexity index is 498. The number of aromatic nitrogens is 1. The van der Waals surface area contributed by atoms with Crippen LogP contribution in [0, 0.1) is 0 Å². The second-order valence-corrected chi connectivity index (χ2v) is 5.66. The molecule has 7 heteroatoms. The molecule has 0 saturated carbocycles. The number of anilines is 1. The zero-order chi connectivity index (χ0) is 14.7. The molecule has 1 amide bonds. The number of morpholine rings is 1. The van der Waals surface area contributed by atoms with E-state index in [0.29, 0.717) is 24.5 Å². The summed E-state index contributed by atoms with van der Waals surface area (Å²) in [5, 5.41) is 12.1. The number of halogens is 1. The van der Waals surface area contributed by atoms with E-state index in [2.05, 4.69) is 26.2 Å². The van der Waals surface area contributed by atoms with Crippen molar-refractivity contribution in [1.29, 1.82) is 0 Å². The van der Waals surface area contributed by atoms with Gasteiger partial charge in [-0.3, -0.25) is 4.79 Å². The van der Waals surface area contributed by atoms with Gasteiger partial charge in [-0.15, -0.1) is 0 Å². The molecule has 2 unspecified atom stereocenters. The number of carbonyl (C=O) groups is 1. The first-order valence-electron chi connectivity index (χ1n) is 6.43. The van der Waals surface area contributed by atoms with Gasteiger partial charge in [0.15, 0.2) is 0 Å². The van der Waals surface area contributed by atoms with E-state index < -0.39 is 0 Å². The molecule has 2 N–H and O–H groups in total. The Labute approximate surface area is 126 Å². The molecule has 1 fully saturated rings. The molecular formula is C13H18BrN3O3. The van der Waals surface area contributed by atoms with Crippen molar-refractivity contribution >= 4 is 27.7 Å². The molecule has 1 aromatic heterocycles. The Hall–Kier alpha value is -1.18. The molecule has 110 valence electrons. The predicted molar refractivity (Wildman–Crippen MR) is 78.8 cm³/mol. The molecule has 0 bridgehead atoms. The van der Waals surface area contributed by atoms with E-state index >= 15 is 0 Å². The molecule has 0 aliphatic carbocycles. The third-order valence-electron chi connectivity index (χ3n) is 3.29. The van der Waals surface area contributed by atoms with E-state index in [0.717, 1.165) is 4.47 Å². The van der Waals surface area contributed by atoms with Crippen molar-refractivity contribution in [3.8, 4) is 0 Å². The van der Waals surface area contributed by atoms with Crippen LogP contribution in [0.1, 0.15) is 17.3 Å². The lowest BCUT2D eigenvalue weighted by atomic mass is 10.1. The van der Waals surface area contributed by atoms with E-state index in [9.17, 15) is 9.90 Å². The second kappa shape index (κ2) is 6.51. The van der Waals surface area contributed by atoms with Gasteiger partial charge in [0.2, 0.25) is 0 Å². The van der Waals surface area contributed by atoms with Crippen molar-refractivity contribution in [3.05, 3.63) is 22.3 Å². The Kier molecular flexibility index (Phi) is 4.95. The topological polar surface area (TPSA) is 74.7 Å². The van der Waals surface area contributed by atoms with Crippen LogP contribution in [0.25, 0.3) is 0 Å². The van der Waals surface area contributed by atoms with E-state index in [-0.39, 0.29) is 24.7 Å². The molecule has 1 aromatic rings. The lowest BCUT2D eigenvalue weighted by Gasteiger charge is -2.37. The van der Waals surface area contributed by atoms with Gasteiger partial charge in [0.25, 0.3) is 5.91 Å². The van der Waals surface area contributed by atoms with E-state index in [1.54, 1.807) is 24.2 Å². The zero-order valence-electron chi connectivity index (χ0n) is 11.5. The lowest BCUT2D eigenvalue weighted by molar-refractivity contribution is -0.0667. The van der Waals surface area contributed by atoms with Gasteiger partial charge in [0.1, 0.15) is 5.82 Å². The minimum atomic E-state index is -0.326. The normalized spacial score (nSPS) is 22.7. The molecule has 0 aromatic carbocycles. The summed E-state index contributed by atoms with van der Waals surface area (Å²) in [6.07, 6.45) is 1.32. The highest BCUT2D eigenvalue weighted by Crippen LogP contribution is 2.22. The average molecular weight is 344 g/mol. The van der Waals surface area contributed by atoms with Crippen LogP contribution >= 0.6 is 15.9 Å². The zero-order valence-corrected chi connectivity index (χ0v) is 13.1. The van der Waals surface area contributed by atoms with Crippen LogP contribution in [-0.4, -0.2) is 59.8 Å². The number of rotatable bonds is 3. The molecule has 1 aliphatic rings. The summed E-state index contributed by atoms with van der Waals surface area (Å²) in [7, 11) is 1.73. The van der Waals surface area contributed by atoms with Crippen LogP contribution in [0.4, 0.5) is 5.82 Å². The second-order valence-electron chi connectivity index (χ2n) is 4.74. The standard InChI is InChI=1S/C13H18BrN3O3/c1-8-7-20-10(6-18)5-17(8)13(19)11-3-9(14)4-16-12(11)15-2/h3-4,8,10,18H,5-7H2,1-2H3,(H,15,16). The molecule has 2 rings (SSSR count). The summed E-state index contributed by atoms with van der Waals surface area (Å²) in [4.78, 5) is 18.6. The Morgan fingerprint density at radius 1 is 1.70 bits per heavy atom. The fourth-order valence-electron chi connectivity index (χ4n) is 2.17. The predicted octanol–water partition coefficient (Wildman–Crippen LogP) is 1.11. The van der Waals surface area contributed by atoms with E-state index in [1.807, 2.05) is 6.92 Å². The summed E-state index contributed by atoms with van der Waals surface area (Å²) < 4.78 is 6.20. The van der Waals surface area contributed by atoms with Crippen molar-refractivity contribution in [2.75, 3.05) is 32.1 Å². The van der Waals surface area contributed by atoms with Crippen LogP contribution in [0.15, 0.2) is 16.7 Å². The van der Waals surface area contributed by atoms with Gasteiger partial charge in [-0.1, -0.05) is 0 Å². The largest absolute Gasteiger partial charge is 0.394 e. The van der Waals surface area contributed by atoms with Crippen LogP contribution in [0.3, 0.4) is 0 Å². The quantitative estimate of drug-likeness (QED) is 0.859. The summed E-state index contributed by atoms with van der Waals surface area (Å²) in [5.74, 6) is 0.426. The fourth-order valence-corrected chi connectivity index (χ4v) is 2.50. The van der Waals surface area contributed by atoms with Crippen molar-refractivity contribution in [3.63, 3.8) is 0 Å². The monoisotopic (exact) mass is 343 g/mol. The van der Waals surface area contributed by atoms with Gasteiger partial charge in [-0.2, -0.15) is 0 Å². The molecule has 1 aliphatic heterocycles. The summed E-state index contributed by atoms with van der Waals surface area (Å²) in [6, 6.07) is 1.71. The molecule has 20 heavy (non-hydrogen) atoms. The van der Waals surface area contributed by atoms with Gasteiger partial charge in [0, 0.05) is 24.3 Å². The Balaban J connectivity index is 2.27. The van der Waals surface area contributed by atoms with Crippen LogP contribution in [0.2, 0.25) is 0 Å². The Morgan fingerprint density at radius 3 is 3.10 bits per heavy atom. The van der Waals surface area contributed by atoms with Crippen LogP contribution < -0.4 is 5.32 Å². The number of hydrogen-bond donors (Lipinski definition) is 2. The number of aliphatic hydroxyl groups excluding tert-OH is 1. The smallest absolute Gasteiger partial charge is 0.258 e. The summed E-state index contributed by atoms with van der Waals surface area (Å²) in [6.45, 7) is 2.64. The Morgan fingerprint density at radius 2 is 2.45 bits per heavy atom. The third kappa shape index (κ3) is 3.11. The van der Waals surface area contributed by atoms with Crippen LogP contribution in [0.5, 0.6) is 0 Å². The van der Waals surface area contributed by atoms with Crippen molar-refractivity contribution in [2.24, 2.45) is 0 Å². The number of carbonyl (C=O) groups excluding carboxylic acids is 1. The lowest BCUT2D eigenvalue weighted by Crippen LogP contribution is -2.52. The molecular weight excluding hydrogens is 326 g/mol. The maximum Gasteiger partial charge on any atom is 0.258 e. The fraction of sp³-hybridized carbons (Fsp3) is 0.538. The van der Waals surface area contributed by atoms with Crippen LogP contribution in [-0.2, 0) is 4.74 Å². The summed E-state index contributed by atoms with van der Waals surface area (Å²) in [5.41, 5.74) is 0.507. The molecule has 0 spiro atoms. The number of hydrogen-bond acceptors (Lipinski definition) is 5. The highest BCUT2D eigenvalue weighted by Gasteiger charge is 2.31. The van der Waals surface area contributed by atoms with Gasteiger partial charge < -0.3 is 20.1 Å². The SMILES string of the molecule is CNc1ncc(Br)cc1C(=O)N1CC(CO)OCC1C. The molecule has 1 saturated heterocycles. The van der Waals surface area contributed by atoms with Crippen molar-refractivity contribution < 1.29 is 14.6 Å². The average Bonchev–Trinajstić information content (AvgIpc) is 2.47. The molecule has 2 atom stereocenters. The number of aliphatic hydroxyl groups is 1. The minimum absolute atomic E-state index is 0.0333. The van der Waals surface area contributed by atoms with Gasteiger partial charge in [-0.05, 0) is 28.9 Å². The summed E-state index contributed by atoms with van der Waals surface area (Å²) >= 11 is 3.33. The first-order chi connectivity index (χ1) is 9.56. The highest BCUT2D eigenvalue weighted by molar-refractivity contribution is 9.10. The molecule has 6 nitrogen and oxygen atoms in total. The first kappa shape index (κ1) is 15.2. The van der Waals surface area contributed by atoms with Gasteiger partial charge in [0.05, 0.1) is 30.9 Å². The number of nitrogens with one attached hydrogen (secondary N) is 1. The van der Waals surface area contributed by atoms with Gasteiger partial charge >= 0.3 is 0 Å². The number of pyridine rings is 1. The molecule has 0 radical (unpaired) electrons. The minimum Gasteiger partial charge on any atom is -0.394 e. The molecule has 2 heterocycles. The number of ether oxygens (including phenoxy) is 1. The maximum atomic E-state index is 12.7. The van der Waals surface area contributed by atoms with E-state index in [1.165, 1.54) is 0 Å². The third-order valence-corrected chi connectivity index (χ3v) is 3.73. The van der Waals surface area contributed by atoms with Crippen molar-refractivity contribution in [2.45, 2.75) is 19.1 Å². The number of nitrogens with zero attached hydrogens (tertiary/aromatic N) is 2. The van der Waals surface area contributed by atoms with Crippen molar-refractivity contribution in [1.82, 2.24) is 9.88 Å². The highest BCUT2D eigenvalue weighted by atomic mass is 79.9.